The quantitative estimate of drug-likeness (QED) is 0.283. The van der Waals surface area contributed by atoms with Crippen LogP contribution in [0.2, 0.25) is 0 Å². The van der Waals surface area contributed by atoms with Gasteiger partial charge in [0.2, 0.25) is 0 Å². The van der Waals surface area contributed by atoms with Crippen molar-refractivity contribution in [3.63, 3.8) is 0 Å². The Morgan fingerprint density at radius 2 is 1.82 bits per heavy atom. The second-order valence-corrected chi connectivity index (χ2v) is 14.0. The van der Waals surface area contributed by atoms with Gasteiger partial charge in [-0.2, -0.15) is 0 Å². The van der Waals surface area contributed by atoms with E-state index in [4.69, 9.17) is 4.74 Å². The molecule has 3 heterocycles. The molecule has 38 heavy (non-hydrogen) atoms. The van der Waals surface area contributed by atoms with E-state index in [2.05, 4.69) is 15.3 Å². The Bertz CT molecular complexity index is 1590. The molecular formula is C28H32N4O4S2. The van der Waals surface area contributed by atoms with Gasteiger partial charge >= 0.3 is 5.97 Å². The molecule has 1 N–H and O–H groups in total. The third-order valence-corrected chi connectivity index (χ3v) is 9.20. The highest BCUT2D eigenvalue weighted by atomic mass is 32.2. The van der Waals surface area contributed by atoms with E-state index in [1.165, 1.54) is 3.97 Å². The van der Waals surface area contributed by atoms with Crippen molar-refractivity contribution in [1.29, 1.82) is 0 Å². The predicted molar refractivity (Wildman–Crippen MR) is 150 cm³/mol. The fourth-order valence-electron chi connectivity index (χ4n) is 4.72. The molecule has 5 rings (SSSR count). The van der Waals surface area contributed by atoms with Gasteiger partial charge in [-0.1, -0.05) is 17.7 Å². The van der Waals surface area contributed by atoms with Crippen LogP contribution in [0.15, 0.2) is 53.8 Å². The van der Waals surface area contributed by atoms with Gasteiger partial charge in [0, 0.05) is 41.3 Å². The third-order valence-electron chi connectivity index (χ3n) is 6.57. The standard InChI is InChI=1S/C28H32N4O4S2/c1-17-6-8-21(9-7-17)38(34,35)32-11-10-22-25(23(16-29-26(22)32)27-30-15-18(2)37-27)31-20-12-19(13-20)14-24(33)36-28(3,4)5/h6-11,15-16,19-20H,12-14H2,1-5H3,(H,29,31). The van der Waals surface area contributed by atoms with Gasteiger partial charge in [0.05, 0.1) is 16.1 Å². The van der Waals surface area contributed by atoms with Gasteiger partial charge in [-0.25, -0.2) is 22.4 Å². The molecule has 0 radical (unpaired) electrons. The monoisotopic (exact) mass is 552 g/mol. The molecule has 8 nitrogen and oxygen atoms in total. The number of ether oxygens (including phenoxy) is 1. The van der Waals surface area contributed by atoms with Crippen molar-refractivity contribution in [2.75, 3.05) is 5.32 Å². The van der Waals surface area contributed by atoms with Gasteiger partial charge in [0.25, 0.3) is 10.0 Å². The molecule has 1 aliphatic rings. The Balaban J connectivity index is 1.46. The van der Waals surface area contributed by atoms with E-state index in [1.54, 1.807) is 54.1 Å². The van der Waals surface area contributed by atoms with Crippen molar-refractivity contribution in [2.45, 2.75) is 70.4 Å². The van der Waals surface area contributed by atoms with Crippen LogP contribution < -0.4 is 5.32 Å². The minimum Gasteiger partial charge on any atom is -0.460 e. The number of aromatic nitrogens is 3. The summed E-state index contributed by atoms with van der Waals surface area (Å²) in [7, 11) is -3.82. The first-order valence-electron chi connectivity index (χ1n) is 12.6. The van der Waals surface area contributed by atoms with Crippen LogP contribution in [-0.2, 0) is 19.6 Å². The van der Waals surface area contributed by atoms with E-state index < -0.39 is 15.6 Å². The zero-order chi connectivity index (χ0) is 27.2. The summed E-state index contributed by atoms with van der Waals surface area (Å²) in [6.07, 6.45) is 7.11. The summed E-state index contributed by atoms with van der Waals surface area (Å²) in [5.41, 5.74) is 2.49. The highest BCUT2D eigenvalue weighted by molar-refractivity contribution is 7.90. The van der Waals surface area contributed by atoms with E-state index in [9.17, 15) is 13.2 Å². The highest BCUT2D eigenvalue weighted by Crippen LogP contribution is 2.41. The van der Waals surface area contributed by atoms with Crippen LogP contribution in [0.4, 0.5) is 5.69 Å². The molecule has 10 heteroatoms. The minimum absolute atomic E-state index is 0.143. The Kier molecular flexibility index (Phi) is 6.81. The number of hydrogen-bond acceptors (Lipinski definition) is 8. The Hall–Kier alpha value is -3.24. The number of carbonyl (C=O) groups is 1. The molecule has 0 atom stereocenters. The lowest BCUT2D eigenvalue weighted by molar-refractivity contribution is -0.156. The minimum atomic E-state index is -3.82. The number of anilines is 1. The molecular weight excluding hydrogens is 520 g/mol. The van der Waals surface area contributed by atoms with E-state index in [0.29, 0.717) is 17.5 Å². The molecule has 0 aliphatic heterocycles. The Morgan fingerprint density at radius 1 is 1.11 bits per heavy atom. The lowest BCUT2D eigenvalue weighted by Crippen LogP contribution is -2.37. The average molecular weight is 553 g/mol. The number of nitrogens with one attached hydrogen (secondary N) is 1. The summed E-state index contributed by atoms with van der Waals surface area (Å²) in [6.45, 7) is 9.53. The summed E-state index contributed by atoms with van der Waals surface area (Å²) in [4.78, 5) is 22.7. The molecule has 1 aliphatic carbocycles. The van der Waals surface area contributed by atoms with E-state index in [0.717, 1.165) is 39.5 Å². The van der Waals surface area contributed by atoms with Gasteiger partial charge < -0.3 is 10.1 Å². The molecule has 0 bridgehead atoms. The number of benzene rings is 1. The summed E-state index contributed by atoms with van der Waals surface area (Å²) < 4.78 is 33.7. The topological polar surface area (TPSA) is 103 Å². The predicted octanol–water partition coefficient (Wildman–Crippen LogP) is 5.94. The van der Waals surface area contributed by atoms with Crippen molar-refractivity contribution in [2.24, 2.45) is 5.92 Å². The number of hydrogen-bond donors (Lipinski definition) is 1. The number of nitrogens with zero attached hydrogens (tertiary/aromatic N) is 3. The summed E-state index contributed by atoms with van der Waals surface area (Å²) >= 11 is 1.56. The van der Waals surface area contributed by atoms with Crippen molar-refractivity contribution in [3.8, 4) is 10.6 Å². The fourth-order valence-corrected chi connectivity index (χ4v) is 6.80. The summed E-state index contributed by atoms with van der Waals surface area (Å²) in [5, 5.41) is 5.16. The van der Waals surface area contributed by atoms with Gasteiger partial charge in [0.15, 0.2) is 5.65 Å². The second-order valence-electron chi connectivity index (χ2n) is 11.0. The number of rotatable bonds is 7. The molecule has 200 valence electrons. The smallest absolute Gasteiger partial charge is 0.306 e. The second kappa shape index (κ2) is 9.81. The van der Waals surface area contributed by atoms with Crippen LogP contribution in [0.1, 0.15) is 50.5 Å². The van der Waals surface area contributed by atoms with Crippen LogP contribution in [0.5, 0.6) is 0 Å². The summed E-state index contributed by atoms with van der Waals surface area (Å²) in [5.74, 6) is 0.0707. The maximum absolute atomic E-state index is 13.5. The van der Waals surface area contributed by atoms with Gasteiger partial charge in [0.1, 0.15) is 10.6 Å². The first-order chi connectivity index (χ1) is 17.9. The molecule has 1 fully saturated rings. The van der Waals surface area contributed by atoms with Crippen LogP contribution in [-0.4, -0.2) is 40.0 Å². The molecule has 1 saturated carbocycles. The van der Waals surface area contributed by atoms with Crippen LogP contribution in [0.3, 0.4) is 0 Å². The van der Waals surface area contributed by atoms with Crippen molar-refractivity contribution in [1.82, 2.24) is 13.9 Å². The van der Waals surface area contributed by atoms with Gasteiger partial charge in [-0.05, 0) is 71.6 Å². The normalized spacial score (nSPS) is 17.8. The lowest BCUT2D eigenvalue weighted by atomic mass is 9.78. The molecule has 4 aromatic rings. The first kappa shape index (κ1) is 26.4. The van der Waals surface area contributed by atoms with Crippen LogP contribution in [0, 0.1) is 19.8 Å². The average Bonchev–Trinajstić information content (AvgIpc) is 3.43. The van der Waals surface area contributed by atoms with Crippen molar-refractivity contribution >= 4 is 44.1 Å². The number of esters is 1. The van der Waals surface area contributed by atoms with Gasteiger partial charge in [-0.3, -0.25) is 4.79 Å². The molecule has 0 unspecified atom stereocenters. The highest BCUT2D eigenvalue weighted by Gasteiger charge is 2.33. The molecule has 0 spiro atoms. The SMILES string of the molecule is Cc1ccc(S(=O)(=O)n2ccc3c(NC4CC(CC(=O)OC(C)(C)C)C4)c(-c4ncc(C)s4)cnc32)cc1. The van der Waals surface area contributed by atoms with Crippen molar-refractivity contribution < 1.29 is 17.9 Å². The molecule has 3 aromatic heterocycles. The number of pyridine rings is 1. The lowest BCUT2D eigenvalue weighted by Gasteiger charge is -2.37. The van der Waals surface area contributed by atoms with E-state index >= 15 is 0 Å². The largest absolute Gasteiger partial charge is 0.460 e. The number of carbonyl (C=O) groups excluding carboxylic acids is 1. The zero-order valence-electron chi connectivity index (χ0n) is 22.2. The molecule has 0 amide bonds. The number of fused-ring (bicyclic) bond motifs is 1. The van der Waals surface area contributed by atoms with Crippen LogP contribution >= 0.6 is 11.3 Å². The van der Waals surface area contributed by atoms with Gasteiger partial charge in [-0.15, -0.1) is 11.3 Å². The molecule has 1 aromatic carbocycles. The van der Waals surface area contributed by atoms with Crippen molar-refractivity contribution in [3.05, 3.63) is 59.4 Å². The Labute approximate surface area is 227 Å². The summed E-state index contributed by atoms with van der Waals surface area (Å²) in [6, 6.07) is 8.73. The number of thiazole rings is 1. The fraction of sp³-hybridized carbons (Fsp3) is 0.393. The first-order valence-corrected chi connectivity index (χ1v) is 14.9. The molecule has 0 saturated heterocycles. The van der Waals surface area contributed by atoms with Crippen LogP contribution in [0.25, 0.3) is 21.6 Å². The maximum atomic E-state index is 13.5. The number of aryl methyl sites for hydroxylation is 2. The zero-order valence-corrected chi connectivity index (χ0v) is 23.8. The van der Waals surface area contributed by atoms with E-state index in [1.807, 2.05) is 40.8 Å². The Morgan fingerprint density at radius 3 is 2.45 bits per heavy atom. The van der Waals surface area contributed by atoms with E-state index in [-0.39, 0.29) is 22.8 Å². The third kappa shape index (κ3) is 5.33. The maximum Gasteiger partial charge on any atom is 0.306 e.